The van der Waals surface area contributed by atoms with Crippen LogP contribution in [0.2, 0.25) is 0 Å². The number of hydrazine groups is 1. The highest BCUT2D eigenvalue weighted by Gasteiger charge is 2.08. The molecule has 2 aromatic rings. The average Bonchev–Trinajstić information content (AvgIpc) is 2.48. The maximum Gasteiger partial charge on any atom is 0.265 e. The molecule has 110 valence electrons. The highest BCUT2D eigenvalue weighted by atomic mass is 79.9. The Kier molecular flexibility index (Phi) is 5.27. The number of hydrogen-bond donors (Lipinski definition) is 3. The van der Waals surface area contributed by atoms with Crippen LogP contribution >= 0.6 is 27.7 Å². The molecule has 1 amide bonds. The monoisotopic (exact) mass is 365 g/mol. The normalized spacial score (nSPS) is 10.4. The summed E-state index contributed by atoms with van der Waals surface area (Å²) in [5, 5.41) is 0. The van der Waals surface area contributed by atoms with E-state index in [1.54, 1.807) is 23.9 Å². The van der Waals surface area contributed by atoms with Crippen molar-refractivity contribution in [3.8, 4) is 0 Å². The van der Waals surface area contributed by atoms with Crippen molar-refractivity contribution in [2.75, 3.05) is 5.73 Å². The molecule has 5 N–H and O–H groups in total. The predicted octanol–water partition coefficient (Wildman–Crippen LogP) is 3.24. The predicted molar refractivity (Wildman–Crippen MR) is 90.9 cm³/mol. The van der Waals surface area contributed by atoms with Crippen LogP contribution in [0.4, 0.5) is 5.69 Å². The summed E-state index contributed by atoms with van der Waals surface area (Å²) in [7, 11) is 0. The van der Waals surface area contributed by atoms with Crippen LogP contribution < -0.4 is 17.0 Å². The van der Waals surface area contributed by atoms with E-state index in [4.69, 9.17) is 11.6 Å². The molecule has 0 aliphatic carbocycles. The molecule has 0 spiro atoms. The van der Waals surface area contributed by atoms with Crippen LogP contribution in [0, 0.1) is 6.92 Å². The number of thioether (sulfide) groups is 1. The molecular formula is C15H16BrN3OS. The summed E-state index contributed by atoms with van der Waals surface area (Å²) < 4.78 is 0.887. The molecule has 0 atom stereocenters. The van der Waals surface area contributed by atoms with Gasteiger partial charge in [0.05, 0.1) is 0 Å². The quantitative estimate of drug-likeness (QED) is 0.255. The standard InChI is InChI=1S/C15H16BrN3OS/c1-9-2-5-12(17)7-14(9)21-8-11-4-3-10(6-13(11)16)15(20)19-18/h2-7H,8,17-18H2,1H3,(H,19,20). The lowest BCUT2D eigenvalue weighted by molar-refractivity contribution is 0.0953. The Hall–Kier alpha value is -1.50. The van der Waals surface area contributed by atoms with Gasteiger partial charge in [-0.15, -0.1) is 11.8 Å². The van der Waals surface area contributed by atoms with Gasteiger partial charge in [0.1, 0.15) is 0 Å². The number of carbonyl (C=O) groups is 1. The Morgan fingerprint density at radius 3 is 2.71 bits per heavy atom. The third kappa shape index (κ3) is 4.00. The van der Waals surface area contributed by atoms with Crippen molar-refractivity contribution < 1.29 is 4.79 Å². The second-order valence-electron chi connectivity index (χ2n) is 4.59. The van der Waals surface area contributed by atoms with Gasteiger partial charge < -0.3 is 5.73 Å². The number of amides is 1. The number of nitrogen functional groups attached to an aromatic ring is 2. The van der Waals surface area contributed by atoms with E-state index in [2.05, 4.69) is 28.3 Å². The van der Waals surface area contributed by atoms with Crippen LogP contribution in [-0.2, 0) is 5.75 Å². The molecule has 0 saturated carbocycles. The van der Waals surface area contributed by atoms with Gasteiger partial charge in [-0.3, -0.25) is 10.2 Å². The van der Waals surface area contributed by atoms with Gasteiger partial charge in [-0.05, 0) is 42.3 Å². The largest absolute Gasteiger partial charge is 0.399 e. The number of anilines is 1. The van der Waals surface area contributed by atoms with Crippen molar-refractivity contribution in [3.63, 3.8) is 0 Å². The zero-order chi connectivity index (χ0) is 15.4. The molecular weight excluding hydrogens is 350 g/mol. The van der Waals surface area contributed by atoms with E-state index in [-0.39, 0.29) is 5.91 Å². The molecule has 0 saturated heterocycles. The number of nitrogens with one attached hydrogen (secondary N) is 1. The minimum atomic E-state index is -0.304. The van der Waals surface area contributed by atoms with Gasteiger partial charge in [-0.1, -0.05) is 28.1 Å². The first-order valence-corrected chi connectivity index (χ1v) is 8.07. The second-order valence-corrected chi connectivity index (χ2v) is 6.46. The molecule has 0 heterocycles. The fraction of sp³-hybridized carbons (Fsp3) is 0.133. The molecule has 0 unspecified atom stereocenters. The summed E-state index contributed by atoms with van der Waals surface area (Å²) >= 11 is 5.21. The summed E-state index contributed by atoms with van der Waals surface area (Å²) in [6, 6.07) is 11.3. The third-order valence-corrected chi connectivity index (χ3v) is 4.99. The van der Waals surface area contributed by atoms with Crippen molar-refractivity contribution in [3.05, 3.63) is 57.6 Å². The third-order valence-electron chi connectivity index (χ3n) is 3.04. The minimum Gasteiger partial charge on any atom is -0.399 e. The molecule has 0 fully saturated rings. The fourth-order valence-corrected chi connectivity index (χ4v) is 3.60. The summed E-state index contributed by atoms with van der Waals surface area (Å²) in [5.41, 5.74) is 11.5. The van der Waals surface area contributed by atoms with Gasteiger partial charge in [0.15, 0.2) is 0 Å². The van der Waals surface area contributed by atoms with E-state index < -0.39 is 0 Å². The molecule has 0 aromatic heterocycles. The molecule has 4 nitrogen and oxygen atoms in total. The fourth-order valence-electron chi connectivity index (χ4n) is 1.82. The zero-order valence-electron chi connectivity index (χ0n) is 11.5. The van der Waals surface area contributed by atoms with Gasteiger partial charge >= 0.3 is 0 Å². The number of benzene rings is 2. The van der Waals surface area contributed by atoms with Gasteiger partial charge in [0.25, 0.3) is 5.91 Å². The van der Waals surface area contributed by atoms with Crippen LogP contribution in [0.25, 0.3) is 0 Å². The molecule has 0 radical (unpaired) electrons. The topological polar surface area (TPSA) is 81.1 Å². The van der Waals surface area contributed by atoms with Crippen LogP contribution in [-0.4, -0.2) is 5.91 Å². The van der Waals surface area contributed by atoms with E-state index >= 15 is 0 Å². The van der Waals surface area contributed by atoms with Crippen molar-refractivity contribution in [2.24, 2.45) is 5.84 Å². The zero-order valence-corrected chi connectivity index (χ0v) is 13.9. The molecule has 0 bridgehead atoms. The minimum absolute atomic E-state index is 0.304. The van der Waals surface area contributed by atoms with E-state index in [1.165, 1.54) is 5.56 Å². The summed E-state index contributed by atoms with van der Waals surface area (Å²) in [6.07, 6.45) is 0. The summed E-state index contributed by atoms with van der Waals surface area (Å²) in [6.45, 7) is 2.06. The van der Waals surface area contributed by atoms with Crippen molar-refractivity contribution in [1.82, 2.24) is 5.43 Å². The number of nitrogens with two attached hydrogens (primary N) is 2. The van der Waals surface area contributed by atoms with E-state index in [9.17, 15) is 4.79 Å². The molecule has 0 aliphatic rings. The lowest BCUT2D eigenvalue weighted by Crippen LogP contribution is -2.29. The molecule has 2 rings (SSSR count). The number of hydrogen-bond acceptors (Lipinski definition) is 4. The van der Waals surface area contributed by atoms with Crippen molar-refractivity contribution in [1.29, 1.82) is 0 Å². The van der Waals surface area contributed by atoms with Crippen LogP contribution in [0.3, 0.4) is 0 Å². The maximum absolute atomic E-state index is 11.5. The molecule has 21 heavy (non-hydrogen) atoms. The Bertz CT molecular complexity index is 676. The SMILES string of the molecule is Cc1ccc(N)cc1SCc1ccc(C(=O)NN)cc1Br. The average molecular weight is 366 g/mol. The number of carbonyl (C=O) groups excluding carboxylic acids is 1. The number of rotatable bonds is 4. The maximum atomic E-state index is 11.5. The first kappa shape index (κ1) is 15.9. The lowest BCUT2D eigenvalue weighted by Gasteiger charge is -2.09. The smallest absolute Gasteiger partial charge is 0.265 e. The lowest BCUT2D eigenvalue weighted by atomic mass is 10.1. The number of halogens is 1. The Morgan fingerprint density at radius 1 is 1.29 bits per heavy atom. The van der Waals surface area contributed by atoms with Crippen LogP contribution in [0.15, 0.2) is 45.8 Å². The van der Waals surface area contributed by atoms with Crippen LogP contribution in [0.1, 0.15) is 21.5 Å². The highest BCUT2D eigenvalue weighted by Crippen LogP contribution is 2.30. The molecule has 2 aromatic carbocycles. The summed E-state index contributed by atoms with van der Waals surface area (Å²) in [4.78, 5) is 12.6. The Balaban J connectivity index is 2.13. The van der Waals surface area contributed by atoms with E-state index in [0.29, 0.717) is 5.56 Å². The molecule has 6 heteroatoms. The number of aryl methyl sites for hydroxylation is 1. The van der Waals surface area contributed by atoms with E-state index in [1.807, 2.05) is 24.3 Å². The van der Waals surface area contributed by atoms with Crippen molar-refractivity contribution >= 4 is 39.3 Å². The molecule has 0 aliphatic heterocycles. The Morgan fingerprint density at radius 2 is 2.05 bits per heavy atom. The van der Waals surface area contributed by atoms with Gasteiger partial charge in [-0.2, -0.15) is 0 Å². The van der Waals surface area contributed by atoms with Gasteiger partial charge in [0.2, 0.25) is 0 Å². The van der Waals surface area contributed by atoms with Crippen molar-refractivity contribution in [2.45, 2.75) is 17.6 Å². The van der Waals surface area contributed by atoms with Gasteiger partial charge in [-0.25, -0.2) is 5.84 Å². The summed E-state index contributed by atoms with van der Waals surface area (Å²) in [5.74, 6) is 5.61. The Labute approximate surface area is 136 Å². The second kappa shape index (κ2) is 6.98. The first-order valence-electron chi connectivity index (χ1n) is 6.29. The van der Waals surface area contributed by atoms with E-state index in [0.717, 1.165) is 26.4 Å². The van der Waals surface area contributed by atoms with Crippen LogP contribution in [0.5, 0.6) is 0 Å². The first-order chi connectivity index (χ1) is 10.0. The van der Waals surface area contributed by atoms with Gasteiger partial charge in [0, 0.05) is 26.4 Å². The highest BCUT2D eigenvalue weighted by molar-refractivity contribution is 9.10.